The second kappa shape index (κ2) is 16.5. The number of aliphatic hydroxyl groups excluding tert-OH is 2. The molecule has 0 spiro atoms. The summed E-state index contributed by atoms with van der Waals surface area (Å²) in [6.45, 7) is 16.9. The van der Waals surface area contributed by atoms with E-state index < -0.39 is 39.6 Å². The molecule has 14 atom stereocenters. The van der Waals surface area contributed by atoms with E-state index in [4.69, 9.17) is 10.5 Å². The standard InChI is InChI=1S/C58H83N3O6/c1-34(62)30-61-58-23-22-57(38-24-35(31-60-8)25-40(63)27-38)32-53(4,50(58)52(2,3)51(57)66)47-21-20-44-48(46(65)29-54(44,5)55(47,6)33-58)42(36-14-10-9-11-15-36)28-45(64)49-56(7,67-49)43-19-13-18-41(43)37-16-12-17-39(59)26-37/h12,16-17,24-27,34,36,41-43,45,47,49-50,60-64H,9-11,13-15,18-23,28-33,59H2,1-8H3. The molecule has 0 aromatic heterocycles. The molecular formula is C58H83N3O6. The van der Waals surface area contributed by atoms with E-state index in [1.54, 1.807) is 0 Å². The van der Waals surface area contributed by atoms with Gasteiger partial charge in [-0.1, -0.05) is 84.1 Å². The van der Waals surface area contributed by atoms with E-state index in [0.717, 1.165) is 93.0 Å². The number of phenols is 1. The number of Topliss-reactive ketones (excluding diaryl/α,β-unsaturated/α-hetero) is 2. The molecule has 9 aliphatic rings. The van der Waals surface area contributed by atoms with E-state index in [1.165, 1.54) is 17.6 Å². The van der Waals surface area contributed by atoms with Crippen molar-refractivity contribution in [3.63, 3.8) is 0 Å². The number of ether oxygens (including phenoxy) is 1. The summed E-state index contributed by atoms with van der Waals surface area (Å²) >= 11 is 0. The summed E-state index contributed by atoms with van der Waals surface area (Å²) in [5, 5.41) is 42.1. The van der Waals surface area contributed by atoms with Gasteiger partial charge in [0.15, 0.2) is 5.78 Å². The lowest BCUT2D eigenvalue weighted by atomic mass is 9.32. The fraction of sp³-hybridized carbons (Fsp3) is 0.724. The molecule has 8 fully saturated rings. The molecule has 1 aliphatic heterocycles. The molecule has 14 unspecified atom stereocenters. The molecule has 7 N–H and O–H groups in total. The zero-order chi connectivity index (χ0) is 47.7. The van der Waals surface area contributed by atoms with E-state index in [0.29, 0.717) is 56.5 Å². The molecule has 7 saturated carbocycles. The second-order valence-electron chi connectivity index (χ2n) is 25.4. The van der Waals surface area contributed by atoms with Crippen LogP contribution in [0.25, 0.3) is 0 Å². The number of carbonyl (C=O) groups is 2. The summed E-state index contributed by atoms with van der Waals surface area (Å²) in [6.07, 6.45) is 13.3. The summed E-state index contributed by atoms with van der Waals surface area (Å²) in [5.74, 6) is 1.97. The fourth-order valence-corrected chi connectivity index (χ4v) is 19.0. The molecular weight excluding hydrogens is 835 g/mol. The lowest BCUT2D eigenvalue weighted by molar-refractivity contribution is -0.213. The Morgan fingerprint density at radius 2 is 1.66 bits per heavy atom. The first-order valence-corrected chi connectivity index (χ1v) is 26.6. The van der Waals surface area contributed by atoms with Crippen molar-refractivity contribution in [2.75, 3.05) is 19.3 Å². The maximum atomic E-state index is 15.6. The highest BCUT2D eigenvalue weighted by Crippen LogP contribution is 2.79. The van der Waals surface area contributed by atoms with Crippen molar-refractivity contribution in [2.45, 2.75) is 199 Å². The number of hydrogen-bond donors (Lipinski definition) is 6. The number of rotatable bonds is 13. The Balaban J connectivity index is 1.03. The molecule has 2 aromatic rings. The normalized spacial score (nSPS) is 41.4. The SMILES string of the molecule is CNCc1cc(O)cc(C23CCC4(NCC(C)O)CC5(C)C(CCC6=C(C(CC(O)C7OC7(C)C7CCCC7c7cccc(N)c7)C7CCCCC7)C(=O)CC65C)C(C)(C2)C4C(C)(C)C3=O)c1. The predicted molar refractivity (Wildman–Crippen MR) is 264 cm³/mol. The minimum absolute atomic E-state index is 0.00365. The Morgan fingerprint density at radius 3 is 2.37 bits per heavy atom. The van der Waals surface area contributed by atoms with Crippen LogP contribution in [0.2, 0.25) is 0 Å². The number of allylic oxidation sites excluding steroid dienone is 2. The molecule has 1 heterocycles. The summed E-state index contributed by atoms with van der Waals surface area (Å²) in [7, 11) is 1.91. The van der Waals surface area contributed by atoms with Crippen LogP contribution in [0.1, 0.15) is 174 Å². The Morgan fingerprint density at radius 1 is 0.896 bits per heavy atom. The fourth-order valence-electron chi connectivity index (χ4n) is 19.0. The van der Waals surface area contributed by atoms with Crippen LogP contribution in [0.5, 0.6) is 5.75 Å². The summed E-state index contributed by atoms with van der Waals surface area (Å²) in [5.41, 5.74) is 9.22. The molecule has 8 aliphatic carbocycles. The molecule has 4 bridgehead atoms. The zero-order valence-electron chi connectivity index (χ0n) is 42.1. The monoisotopic (exact) mass is 918 g/mol. The number of aromatic hydroxyl groups is 1. The number of anilines is 1. The first kappa shape index (κ1) is 47.6. The van der Waals surface area contributed by atoms with Crippen LogP contribution in [0.4, 0.5) is 5.69 Å². The van der Waals surface area contributed by atoms with Crippen LogP contribution < -0.4 is 16.4 Å². The number of fused-ring (bicyclic) bond motifs is 5. The van der Waals surface area contributed by atoms with Gasteiger partial charge < -0.3 is 36.4 Å². The van der Waals surface area contributed by atoms with Gasteiger partial charge >= 0.3 is 0 Å². The predicted octanol–water partition coefficient (Wildman–Crippen LogP) is 9.84. The Labute approximate surface area is 401 Å². The summed E-state index contributed by atoms with van der Waals surface area (Å²) < 4.78 is 6.70. The van der Waals surface area contributed by atoms with Crippen LogP contribution in [-0.4, -0.2) is 69.9 Å². The average Bonchev–Trinajstić information content (AvgIpc) is 3.62. The largest absolute Gasteiger partial charge is 0.508 e. The average molecular weight is 918 g/mol. The van der Waals surface area contributed by atoms with Crippen molar-refractivity contribution < 1.29 is 29.6 Å². The van der Waals surface area contributed by atoms with Gasteiger partial charge in [0.05, 0.1) is 23.2 Å². The topological polar surface area (TPSA) is 157 Å². The third kappa shape index (κ3) is 7.13. The van der Waals surface area contributed by atoms with E-state index in [9.17, 15) is 15.3 Å². The highest BCUT2D eigenvalue weighted by molar-refractivity contribution is 6.01. The Hall–Kier alpha value is -3.08. The molecule has 9 nitrogen and oxygen atoms in total. The van der Waals surface area contributed by atoms with Crippen molar-refractivity contribution in [1.29, 1.82) is 0 Å². The molecule has 0 amide bonds. The van der Waals surface area contributed by atoms with E-state index >= 15 is 9.59 Å². The van der Waals surface area contributed by atoms with Gasteiger partial charge in [-0.3, -0.25) is 9.59 Å². The highest BCUT2D eigenvalue weighted by Gasteiger charge is 2.78. The number of epoxide rings is 1. The van der Waals surface area contributed by atoms with Crippen molar-refractivity contribution >= 4 is 17.3 Å². The highest BCUT2D eigenvalue weighted by atomic mass is 16.6. The minimum Gasteiger partial charge on any atom is -0.508 e. The van der Waals surface area contributed by atoms with Crippen molar-refractivity contribution in [1.82, 2.24) is 10.6 Å². The zero-order valence-corrected chi connectivity index (χ0v) is 42.1. The molecule has 1 saturated heterocycles. The van der Waals surface area contributed by atoms with Crippen molar-refractivity contribution in [2.24, 2.45) is 51.2 Å². The van der Waals surface area contributed by atoms with Crippen LogP contribution >= 0.6 is 0 Å². The number of benzene rings is 2. The third-order valence-corrected chi connectivity index (χ3v) is 21.2. The van der Waals surface area contributed by atoms with Gasteiger partial charge in [0.25, 0.3) is 0 Å². The molecule has 67 heavy (non-hydrogen) atoms. The number of phenolic OH excluding ortho intramolecular Hbond substituents is 1. The van der Waals surface area contributed by atoms with E-state index in [1.807, 2.05) is 32.2 Å². The molecule has 9 heteroatoms. The first-order valence-electron chi connectivity index (χ1n) is 26.6. The smallest absolute Gasteiger partial charge is 0.160 e. The van der Waals surface area contributed by atoms with Crippen LogP contribution in [-0.2, 0) is 26.3 Å². The Bertz CT molecular complexity index is 2320. The van der Waals surface area contributed by atoms with Gasteiger partial charge in [0, 0.05) is 41.6 Å². The van der Waals surface area contributed by atoms with E-state index in [2.05, 4.69) is 76.4 Å². The number of nitrogens with two attached hydrogens (primary N) is 1. The van der Waals surface area contributed by atoms with Crippen LogP contribution in [0.15, 0.2) is 53.6 Å². The maximum Gasteiger partial charge on any atom is 0.160 e. The van der Waals surface area contributed by atoms with Gasteiger partial charge in [-0.05, 0) is 184 Å². The Kier molecular flexibility index (Phi) is 11.7. The maximum absolute atomic E-state index is 15.6. The van der Waals surface area contributed by atoms with Crippen LogP contribution in [0, 0.1) is 51.2 Å². The summed E-state index contributed by atoms with van der Waals surface area (Å²) in [4.78, 5) is 31.0. The van der Waals surface area contributed by atoms with Gasteiger partial charge in [-0.15, -0.1) is 0 Å². The summed E-state index contributed by atoms with van der Waals surface area (Å²) in [6, 6.07) is 14.2. The van der Waals surface area contributed by atoms with Gasteiger partial charge in [-0.2, -0.15) is 0 Å². The number of nitrogens with one attached hydrogen (secondary N) is 2. The quantitative estimate of drug-likeness (QED) is 0.0851. The van der Waals surface area contributed by atoms with E-state index in [-0.39, 0.29) is 52.0 Å². The second-order valence-corrected chi connectivity index (χ2v) is 25.4. The molecule has 0 radical (unpaired) electrons. The van der Waals surface area contributed by atoms with Gasteiger partial charge in [-0.25, -0.2) is 0 Å². The lowest BCUT2D eigenvalue weighted by Crippen LogP contribution is -2.74. The number of hydrogen-bond acceptors (Lipinski definition) is 9. The number of aliphatic hydroxyl groups is 2. The first-order chi connectivity index (χ1) is 31.7. The number of β-amino-alcohol motifs (C(OH)–C–C–N with tert-alkyl or cyclic N) is 1. The number of nitrogen functional groups attached to an aromatic ring is 1. The van der Waals surface area contributed by atoms with Gasteiger partial charge in [0.1, 0.15) is 17.6 Å². The van der Waals surface area contributed by atoms with Gasteiger partial charge in [0.2, 0.25) is 0 Å². The molecule has 2 aromatic carbocycles. The number of ketones is 2. The van der Waals surface area contributed by atoms with Crippen LogP contribution in [0.3, 0.4) is 0 Å². The van der Waals surface area contributed by atoms with Crippen molar-refractivity contribution in [3.8, 4) is 5.75 Å². The third-order valence-electron chi connectivity index (χ3n) is 21.2. The minimum atomic E-state index is -0.794. The molecule has 366 valence electrons. The van der Waals surface area contributed by atoms with Crippen molar-refractivity contribution in [3.05, 3.63) is 70.3 Å². The molecule has 11 rings (SSSR count). The lowest BCUT2D eigenvalue weighted by Gasteiger charge is -2.73. The number of carbonyl (C=O) groups excluding carboxylic acids is 2.